The molecule has 0 spiro atoms. The predicted molar refractivity (Wildman–Crippen MR) is 85.4 cm³/mol. The molecule has 0 saturated heterocycles. The number of para-hydroxylation sites is 1. The third kappa shape index (κ3) is 4.03. The van der Waals surface area contributed by atoms with Crippen molar-refractivity contribution in [3.05, 3.63) is 41.6 Å². The van der Waals surface area contributed by atoms with Gasteiger partial charge in [-0.1, -0.05) is 18.2 Å². The maximum Gasteiger partial charge on any atom is 0.327 e. The molecular weight excluding hydrogens is 296 g/mol. The molecule has 0 aliphatic heterocycles. The molecular formula is C16H18N4O3. The molecule has 0 atom stereocenters. The van der Waals surface area contributed by atoms with E-state index in [9.17, 15) is 14.4 Å². The number of nitrogens with one attached hydrogen (secondary N) is 3. The van der Waals surface area contributed by atoms with E-state index in [1.807, 2.05) is 6.07 Å². The number of amides is 3. The van der Waals surface area contributed by atoms with E-state index in [1.165, 1.54) is 0 Å². The fraction of sp³-hybridized carbons (Fsp3) is 0.250. The van der Waals surface area contributed by atoms with E-state index in [1.54, 1.807) is 45.0 Å². The first kappa shape index (κ1) is 16.4. The van der Waals surface area contributed by atoms with Gasteiger partial charge >= 0.3 is 11.8 Å². The van der Waals surface area contributed by atoms with Crippen LogP contribution in [-0.2, 0) is 9.59 Å². The van der Waals surface area contributed by atoms with Gasteiger partial charge in [-0.15, -0.1) is 0 Å². The van der Waals surface area contributed by atoms with Crippen molar-refractivity contribution in [1.29, 1.82) is 0 Å². The first-order chi connectivity index (χ1) is 10.9. The van der Waals surface area contributed by atoms with Gasteiger partial charge in [0.1, 0.15) is 0 Å². The average Bonchev–Trinajstić information content (AvgIpc) is 2.50. The largest absolute Gasteiger partial charge is 0.346 e. The fourth-order valence-corrected chi connectivity index (χ4v) is 2.06. The van der Waals surface area contributed by atoms with Crippen LogP contribution in [0.15, 0.2) is 30.3 Å². The molecule has 0 saturated carbocycles. The average molecular weight is 314 g/mol. The lowest BCUT2D eigenvalue weighted by Crippen LogP contribution is -2.49. The number of fused-ring (bicyclic) bond motifs is 1. The number of hydrogen-bond donors (Lipinski definition) is 3. The number of hydrogen-bond acceptors (Lipinski definition) is 4. The van der Waals surface area contributed by atoms with Crippen LogP contribution in [0.3, 0.4) is 0 Å². The highest BCUT2D eigenvalue weighted by molar-refractivity contribution is 6.35. The second-order valence-corrected chi connectivity index (χ2v) is 5.36. The van der Waals surface area contributed by atoms with Crippen molar-refractivity contribution in [2.75, 3.05) is 0 Å². The normalized spacial score (nSPS) is 10.4. The maximum absolute atomic E-state index is 12.3. The van der Waals surface area contributed by atoms with Crippen molar-refractivity contribution in [2.24, 2.45) is 0 Å². The number of aromatic nitrogens is 1. The summed E-state index contributed by atoms with van der Waals surface area (Å²) < 4.78 is 0. The van der Waals surface area contributed by atoms with Crippen molar-refractivity contribution < 1.29 is 14.4 Å². The van der Waals surface area contributed by atoms with Crippen LogP contribution in [0.5, 0.6) is 0 Å². The summed E-state index contributed by atoms with van der Waals surface area (Å²) in [4.78, 5) is 39.7. The fourth-order valence-electron chi connectivity index (χ4n) is 2.06. The quantitative estimate of drug-likeness (QED) is 0.564. The van der Waals surface area contributed by atoms with Gasteiger partial charge in [-0.3, -0.25) is 30.2 Å². The lowest BCUT2D eigenvalue weighted by molar-refractivity contribution is -0.139. The molecule has 0 aliphatic carbocycles. The van der Waals surface area contributed by atoms with Gasteiger partial charge in [-0.2, -0.15) is 0 Å². The standard InChI is InChI=1S/C16H18N4O3/c1-9(2)17-15(22)16(23)20-19-14(21)12-8-10(3)18-13-7-5-4-6-11(12)13/h4-9H,1-3H3,(H,17,22)(H,19,21)(H,20,23). The highest BCUT2D eigenvalue weighted by Gasteiger charge is 2.17. The molecule has 2 rings (SSSR count). The van der Waals surface area contributed by atoms with Gasteiger partial charge in [0.25, 0.3) is 5.91 Å². The molecule has 7 heteroatoms. The zero-order chi connectivity index (χ0) is 17.0. The van der Waals surface area contributed by atoms with Gasteiger partial charge in [0.15, 0.2) is 0 Å². The molecule has 1 aromatic heterocycles. The molecule has 1 heterocycles. The Morgan fingerprint density at radius 2 is 1.74 bits per heavy atom. The number of carbonyl (C=O) groups excluding carboxylic acids is 3. The Morgan fingerprint density at radius 1 is 1.04 bits per heavy atom. The molecule has 0 aliphatic rings. The molecule has 2 aromatic rings. The van der Waals surface area contributed by atoms with E-state index in [0.717, 1.165) is 0 Å². The summed E-state index contributed by atoms with van der Waals surface area (Å²) in [5.74, 6) is -2.25. The van der Waals surface area contributed by atoms with Crippen molar-refractivity contribution in [1.82, 2.24) is 21.2 Å². The topological polar surface area (TPSA) is 100 Å². The van der Waals surface area contributed by atoms with E-state index < -0.39 is 17.7 Å². The zero-order valence-electron chi connectivity index (χ0n) is 13.1. The minimum Gasteiger partial charge on any atom is -0.346 e. The number of benzene rings is 1. The molecule has 0 unspecified atom stereocenters. The van der Waals surface area contributed by atoms with Gasteiger partial charge < -0.3 is 5.32 Å². The minimum atomic E-state index is -0.929. The van der Waals surface area contributed by atoms with E-state index in [2.05, 4.69) is 21.2 Å². The Hall–Kier alpha value is -2.96. The van der Waals surface area contributed by atoms with Crippen LogP contribution in [0.25, 0.3) is 10.9 Å². The number of hydrazine groups is 1. The Morgan fingerprint density at radius 3 is 2.43 bits per heavy atom. The lowest BCUT2D eigenvalue weighted by atomic mass is 10.1. The highest BCUT2D eigenvalue weighted by Crippen LogP contribution is 2.17. The van der Waals surface area contributed by atoms with Crippen LogP contribution in [-0.4, -0.2) is 28.7 Å². The van der Waals surface area contributed by atoms with Crippen LogP contribution >= 0.6 is 0 Å². The molecule has 1 aromatic carbocycles. The first-order valence-electron chi connectivity index (χ1n) is 7.16. The summed E-state index contributed by atoms with van der Waals surface area (Å²) >= 11 is 0. The SMILES string of the molecule is Cc1cc(C(=O)NNC(=O)C(=O)NC(C)C)c2ccccc2n1. The third-order valence-corrected chi connectivity index (χ3v) is 3.00. The van der Waals surface area contributed by atoms with Gasteiger partial charge in [0.05, 0.1) is 11.1 Å². The molecule has 0 fully saturated rings. The molecule has 7 nitrogen and oxygen atoms in total. The smallest absolute Gasteiger partial charge is 0.327 e. The van der Waals surface area contributed by atoms with Crippen LogP contribution in [0.2, 0.25) is 0 Å². The van der Waals surface area contributed by atoms with Crippen LogP contribution in [0.4, 0.5) is 0 Å². The van der Waals surface area contributed by atoms with Crippen LogP contribution in [0.1, 0.15) is 29.9 Å². The number of carbonyl (C=O) groups is 3. The van der Waals surface area contributed by atoms with Crippen molar-refractivity contribution in [2.45, 2.75) is 26.8 Å². The highest BCUT2D eigenvalue weighted by atomic mass is 16.2. The van der Waals surface area contributed by atoms with Gasteiger partial charge in [0.2, 0.25) is 0 Å². The molecule has 3 amide bonds. The van der Waals surface area contributed by atoms with Gasteiger partial charge in [-0.25, -0.2) is 0 Å². The summed E-state index contributed by atoms with van der Waals surface area (Å²) in [5, 5.41) is 3.10. The summed E-state index contributed by atoms with van der Waals surface area (Å²) in [5.41, 5.74) is 6.08. The second-order valence-electron chi connectivity index (χ2n) is 5.36. The van der Waals surface area contributed by atoms with E-state index in [-0.39, 0.29) is 6.04 Å². The Bertz CT molecular complexity index is 771. The summed E-state index contributed by atoms with van der Waals surface area (Å²) in [6, 6.07) is 8.64. The number of rotatable bonds is 2. The number of pyridine rings is 1. The Balaban J connectivity index is 2.13. The molecule has 120 valence electrons. The van der Waals surface area contributed by atoms with E-state index >= 15 is 0 Å². The van der Waals surface area contributed by atoms with E-state index in [4.69, 9.17) is 0 Å². The van der Waals surface area contributed by atoms with Crippen molar-refractivity contribution in [3.8, 4) is 0 Å². The third-order valence-electron chi connectivity index (χ3n) is 3.00. The Kier molecular flexibility index (Phi) is 4.90. The summed E-state index contributed by atoms with van der Waals surface area (Å²) in [6.45, 7) is 5.24. The molecule has 0 radical (unpaired) electrons. The van der Waals surface area contributed by atoms with Crippen molar-refractivity contribution >= 4 is 28.6 Å². The number of aryl methyl sites for hydroxylation is 1. The van der Waals surface area contributed by atoms with Crippen LogP contribution < -0.4 is 16.2 Å². The van der Waals surface area contributed by atoms with Crippen molar-refractivity contribution in [3.63, 3.8) is 0 Å². The van der Waals surface area contributed by atoms with Gasteiger partial charge in [-0.05, 0) is 32.9 Å². The maximum atomic E-state index is 12.3. The first-order valence-corrected chi connectivity index (χ1v) is 7.16. The predicted octanol–water partition coefficient (Wildman–Crippen LogP) is 0.829. The summed E-state index contributed by atoms with van der Waals surface area (Å²) in [7, 11) is 0. The molecule has 3 N–H and O–H groups in total. The monoisotopic (exact) mass is 314 g/mol. The summed E-state index contributed by atoms with van der Waals surface area (Å²) in [6.07, 6.45) is 0. The van der Waals surface area contributed by atoms with Crippen LogP contribution in [0, 0.1) is 6.92 Å². The van der Waals surface area contributed by atoms with Gasteiger partial charge in [0, 0.05) is 17.1 Å². The Labute approximate surface area is 133 Å². The minimum absolute atomic E-state index is 0.171. The molecule has 23 heavy (non-hydrogen) atoms. The number of nitrogens with zero attached hydrogens (tertiary/aromatic N) is 1. The second kappa shape index (κ2) is 6.87. The zero-order valence-corrected chi connectivity index (χ0v) is 13.1. The molecule has 0 bridgehead atoms. The van der Waals surface area contributed by atoms with E-state index in [0.29, 0.717) is 22.2 Å². The lowest BCUT2D eigenvalue weighted by Gasteiger charge is -2.11.